The van der Waals surface area contributed by atoms with Gasteiger partial charge in [0.25, 0.3) is 0 Å². The Bertz CT molecular complexity index is 554. The van der Waals surface area contributed by atoms with E-state index in [2.05, 4.69) is 10.5 Å². The average molecular weight is 248 g/mol. The van der Waals surface area contributed by atoms with Gasteiger partial charge in [-0.1, -0.05) is 0 Å². The van der Waals surface area contributed by atoms with Gasteiger partial charge in [0, 0.05) is 9.75 Å². The zero-order valence-corrected chi connectivity index (χ0v) is 10.4. The highest BCUT2D eigenvalue weighted by atomic mass is 32.1. The highest BCUT2D eigenvalue weighted by Crippen LogP contribution is 2.12. The molecular weight excluding hydrogens is 236 g/mol. The van der Waals surface area contributed by atoms with Crippen molar-refractivity contribution in [3.05, 3.63) is 45.5 Å². The second-order valence-electron chi connectivity index (χ2n) is 3.56. The van der Waals surface area contributed by atoms with Gasteiger partial charge in [0.1, 0.15) is 5.76 Å². The summed E-state index contributed by atoms with van der Waals surface area (Å²) >= 11 is 1.62. The number of hydrazone groups is 1. The molecule has 1 N–H and O–H groups in total. The maximum Gasteiger partial charge on any atom is 0.307 e. The Labute approximate surface area is 103 Å². The monoisotopic (exact) mass is 248 g/mol. The molecule has 0 saturated carbocycles. The van der Waals surface area contributed by atoms with Crippen molar-refractivity contribution in [2.75, 3.05) is 0 Å². The van der Waals surface area contributed by atoms with Gasteiger partial charge >= 0.3 is 5.91 Å². The average Bonchev–Trinajstić information content (AvgIpc) is 2.88. The lowest BCUT2D eigenvalue weighted by Crippen LogP contribution is -2.16. The standard InChI is InChI=1S/C12H12N2O2S/c1-8-3-6-11(16-8)12(15)14-13-7-10-5-4-9(2)17-10/h3-7H,1-2H3,(H,14,15)/b13-7+. The number of hydrogen-bond donors (Lipinski definition) is 1. The number of aryl methyl sites for hydroxylation is 2. The summed E-state index contributed by atoms with van der Waals surface area (Å²) in [4.78, 5) is 13.7. The molecule has 0 bridgehead atoms. The molecule has 0 unspecified atom stereocenters. The van der Waals surface area contributed by atoms with Gasteiger partial charge in [-0.25, -0.2) is 5.43 Å². The van der Waals surface area contributed by atoms with Crippen LogP contribution in [0.3, 0.4) is 0 Å². The van der Waals surface area contributed by atoms with E-state index in [-0.39, 0.29) is 11.7 Å². The Balaban J connectivity index is 1.94. The van der Waals surface area contributed by atoms with Crippen LogP contribution in [0.1, 0.15) is 26.1 Å². The van der Waals surface area contributed by atoms with Crippen LogP contribution < -0.4 is 5.43 Å². The third kappa shape index (κ3) is 3.04. The van der Waals surface area contributed by atoms with Crippen LogP contribution in [-0.2, 0) is 0 Å². The Kier molecular flexibility index (Phi) is 3.39. The molecule has 2 rings (SSSR count). The normalized spacial score (nSPS) is 10.9. The van der Waals surface area contributed by atoms with Gasteiger partial charge in [-0.15, -0.1) is 11.3 Å². The molecule has 1 amide bonds. The van der Waals surface area contributed by atoms with Crippen molar-refractivity contribution in [1.29, 1.82) is 0 Å². The van der Waals surface area contributed by atoms with Gasteiger partial charge in [-0.2, -0.15) is 5.10 Å². The molecular formula is C12H12N2O2S. The summed E-state index contributed by atoms with van der Waals surface area (Å²) in [6.07, 6.45) is 1.62. The first-order chi connectivity index (χ1) is 8.15. The van der Waals surface area contributed by atoms with Crippen molar-refractivity contribution >= 4 is 23.5 Å². The molecule has 2 aromatic rings. The van der Waals surface area contributed by atoms with E-state index in [1.54, 1.807) is 36.6 Å². The van der Waals surface area contributed by atoms with Gasteiger partial charge < -0.3 is 4.42 Å². The van der Waals surface area contributed by atoms with Gasteiger partial charge in [-0.05, 0) is 38.1 Å². The first-order valence-electron chi connectivity index (χ1n) is 5.11. The number of carbonyl (C=O) groups is 1. The molecule has 0 aliphatic carbocycles. The van der Waals surface area contributed by atoms with Crippen LogP contribution >= 0.6 is 11.3 Å². The van der Waals surface area contributed by atoms with Gasteiger partial charge in [0.2, 0.25) is 0 Å². The van der Waals surface area contributed by atoms with Crippen molar-refractivity contribution < 1.29 is 9.21 Å². The topological polar surface area (TPSA) is 54.6 Å². The molecule has 17 heavy (non-hydrogen) atoms. The number of rotatable bonds is 3. The molecule has 0 saturated heterocycles. The van der Waals surface area contributed by atoms with Gasteiger partial charge in [-0.3, -0.25) is 4.79 Å². The lowest BCUT2D eigenvalue weighted by molar-refractivity contribution is 0.0926. The second kappa shape index (κ2) is 4.97. The minimum atomic E-state index is -0.345. The molecule has 0 aliphatic heterocycles. The largest absolute Gasteiger partial charge is 0.456 e. The van der Waals surface area contributed by atoms with Crippen LogP contribution in [0.25, 0.3) is 0 Å². The van der Waals surface area contributed by atoms with E-state index in [1.807, 2.05) is 19.1 Å². The van der Waals surface area contributed by atoms with Gasteiger partial charge in [0.15, 0.2) is 5.76 Å². The molecule has 0 aromatic carbocycles. The summed E-state index contributed by atoms with van der Waals surface area (Å²) < 4.78 is 5.17. The zero-order chi connectivity index (χ0) is 12.3. The third-order valence-corrected chi connectivity index (χ3v) is 3.02. The molecule has 4 nitrogen and oxygen atoms in total. The van der Waals surface area contributed by atoms with E-state index in [1.165, 1.54) is 4.88 Å². The highest BCUT2D eigenvalue weighted by Gasteiger charge is 2.07. The Morgan fingerprint density at radius 3 is 2.76 bits per heavy atom. The van der Waals surface area contributed by atoms with Crippen LogP contribution in [0.5, 0.6) is 0 Å². The zero-order valence-electron chi connectivity index (χ0n) is 9.56. The molecule has 0 fully saturated rings. The van der Waals surface area contributed by atoms with E-state index in [0.717, 1.165) is 4.88 Å². The molecule has 5 heteroatoms. The van der Waals surface area contributed by atoms with Crippen molar-refractivity contribution in [3.8, 4) is 0 Å². The highest BCUT2D eigenvalue weighted by molar-refractivity contribution is 7.13. The molecule has 2 heterocycles. The van der Waals surface area contributed by atoms with Crippen LogP contribution in [0.15, 0.2) is 33.8 Å². The second-order valence-corrected chi connectivity index (χ2v) is 4.88. The molecule has 0 spiro atoms. The van der Waals surface area contributed by atoms with Crippen molar-refractivity contribution in [3.63, 3.8) is 0 Å². The fourth-order valence-electron chi connectivity index (χ4n) is 1.29. The van der Waals surface area contributed by atoms with E-state index >= 15 is 0 Å². The Morgan fingerprint density at radius 2 is 2.18 bits per heavy atom. The molecule has 2 aromatic heterocycles. The smallest absolute Gasteiger partial charge is 0.307 e. The Morgan fingerprint density at radius 1 is 1.35 bits per heavy atom. The van der Waals surface area contributed by atoms with E-state index in [4.69, 9.17) is 4.42 Å². The fraction of sp³-hybridized carbons (Fsp3) is 0.167. The number of hydrogen-bond acceptors (Lipinski definition) is 4. The lowest BCUT2D eigenvalue weighted by atomic mass is 10.4. The fourth-order valence-corrected chi connectivity index (χ4v) is 2.04. The maximum absolute atomic E-state index is 11.5. The minimum Gasteiger partial charge on any atom is -0.456 e. The number of nitrogens with one attached hydrogen (secondary N) is 1. The van der Waals surface area contributed by atoms with E-state index in [9.17, 15) is 4.79 Å². The first kappa shape index (κ1) is 11.6. The summed E-state index contributed by atoms with van der Waals surface area (Å²) in [5.41, 5.74) is 2.41. The summed E-state index contributed by atoms with van der Waals surface area (Å²) in [6, 6.07) is 7.31. The first-order valence-corrected chi connectivity index (χ1v) is 5.93. The van der Waals surface area contributed by atoms with E-state index < -0.39 is 0 Å². The van der Waals surface area contributed by atoms with Crippen molar-refractivity contribution in [2.24, 2.45) is 5.10 Å². The number of thiophene rings is 1. The summed E-state index contributed by atoms with van der Waals surface area (Å²) in [5.74, 6) is 0.623. The quantitative estimate of drug-likeness (QED) is 0.670. The summed E-state index contributed by atoms with van der Waals surface area (Å²) in [5, 5.41) is 3.87. The molecule has 88 valence electrons. The molecule has 0 radical (unpaired) electrons. The van der Waals surface area contributed by atoms with Gasteiger partial charge in [0.05, 0.1) is 6.21 Å². The lowest BCUT2D eigenvalue weighted by Gasteiger charge is -1.94. The predicted octanol–water partition coefficient (Wildman–Crippen LogP) is 2.72. The third-order valence-electron chi connectivity index (χ3n) is 2.08. The number of amides is 1. The van der Waals surface area contributed by atoms with Crippen LogP contribution in [0.4, 0.5) is 0 Å². The summed E-state index contributed by atoms with van der Waals surface area (Å²) in [6.45, 7) is 3.81. The summed E-state index contributed by atoms with van der Waals surface area (Å²) in [7, 11) is 0. The minimum absolute atomic E-state index is 0.266. The molecule has 0 aliphatic rings. The maximum atomic E-state index is 11.5. The van der Waals surface area contributed by atoms with Crippen molar-refractivity contribution in [2.45, 2.75) is 13.8 Å². The number of furan rings is 1. The predicted molar refractivity (Wildman–Crippen MR) is 67.6 cm³/mol. The van der Waals surface area contributed by atoms with E-state index in [0.29, 0.717) is 5.76 Å². The Hall–Kier alpha value is -1.88. The van der Waals surface area contributed by atoms with Crippen LogP contribution in [0.2, 0.25) is 0 Å². The molecule has 0 atom stereocenters. The number of carbonyl (C=O) groups excluding carboxylic acids is 1. The van der Waals surface area contributed by atoms with Crippen LogP contribution in [0, 0.1) is 13.8 Å². The number of nitrogens with zero attached hydrogens (tertiary/aromatic N) is 1. The van der Waals surface area contributed by atoms with Crippen molar-refractivity contribution in [1.82, 2.24) is 5.43 Å². The van der Waals surface area contributed by atoms with Crippen LogP contribution in [-0.4, -0.2) is 12.1 Å². The SMILES string of the molecule is Cc1ccc(C(=O)N/N=C/c2ccc(C)s2)o1.